The lowest BCUT2D eigenvalue weighted by molar-refractivity contribution is -0.138. The second kappa shape index (κ2) is 16.6. The molecule has 0 saturated heterocycles. The molecule has 0 saturated carbocycles. The fourth-order valence-electron chi connectivity index (χ4n) is 2.35. The van der Waals surface area contributed by atoms with E-state index in [1.807, 2.05) is 0 Å². The van der Waals surface area contributed by atoms with E-state index in [-0.39, 0.29) is 5.97 Å². The molecule has 0 aliphatic rings. The summed E-state index contributed by atoms with van der Waals surface area (Å²) in [4.78, 5) is 11.4. The minimum atomic E-state index is -0.193. The monoisotopic (exact) mass is 328 g/mol. The van der Waals surface area contributed by atoms with Crippen LogP contribution in [0.2, 0.25) is 0 Å². The quantitative estimate of drug-likeness (QED) is 0.142. The third kappa shape index (κ3) is 17.3. The highest BCUT2D eigenvalue weighted by molar-refractivity contribution is 6.30. The summed E-state index contributed by atoms with van der Waals surface area (Å²) in [5.74, 6) is -0.193. The summed E-state index contributed by atoms with van der Waals surface area (Å²) in [5.41, 5.74) is 0. The van der Waals surface area contributed by atoms with Crippen molar-refractivity contribution in [3.05, 3.63) is 23.9 Å². The average Bonchev–Trinajstić information content (AvgIpc) is 2.48. The van der Waals surface area contributed by atoms with Gasteiger partial charge in [0, 0.05) is 11.5 Å². The van der Waals surface area contributed by atoms with E-state index in [9.17, 15) is 4.79 Å². The largest absolute Gasteiger partial charge is 0.434 e. The summed E-state index contributed by atoms with van der Waals surface area (Å²) in [6.07, 6.45) is 18.8. The second-order valence-electron chi connectivity index (χ2n) is 5.88. The van der Waals surface area contributed by atoms with Gasteiger partial charge in [0.05, 0.1) is 6.26 Å². The first-order valence-corrected chi connectivity index (χ1v) is 9.25. The molecule has 0 aromatic carbocycles. The molecule has 0 amide bonds. The van der Waals surface area contributed by atoms with Gasteiger partial charge in [-0.1, -0.05) is 95.7 Å². The topological polar surface area (TPSA) is 26.3 Å². The number of allylic oxidation sites excluding steroid dienone is 2. The molecule has 0 unspecified atom stereocenters. The highest BCUT2D eigenvalue weighted by Crippen LogP contribution is 2.12. The zero-order chi connectivity index (χ0) is 16.5. The van der Waals surface area contributed by atoms with Gasteiger partial charge in [0.1, 0.15) is 0 Å². The molecule has 0 N–H and O–H groups in total. The van der Waals surface area contributed by atoms with Gasteiger partial charge in [0.15, 0.2) is 0 Å². The number of hydrogen-bond acceptors (Lipinski definition) is 2. The minimum Gasteiger partial charge on any atom is -0.434 e. The Balaban J connectivity index is 3.20. The van der Waals surface area contributed by atoms with Crippen LogP contribution >= 0.6 is 11.6 Å². The van der Waals surface area contributed by atoms with Gasteiger partial charge >= 0.3 is 5.97 Å². The van der Waals surface area contributed by atoms with Crippen LogP contribution in [0.4, 0.5) is 0 Å². The third-order valence-electron chi connectivity index (χ3n) is 3.68. The average molecular weight is 329 g/mol. The minimum absolute atomic E-state index is 0.193. The van der Waals surface area contributed by atoms with Crippen LogP contribution in [0.25, 0.3) is 0 Å². The Kier molecular flexibility index (Phi) is 16.0. The van der Waals surface area contributed by atoms with Crippen molar-refractivity contribution in [3.8, 4) is 0 Å². The molecule has 0 bridgehead atoms. The van der Waals surface area contributed by atoms with Gasteiger partial charge in [-0.05, 0) is 12.5 Å². The van der Waals surface area contributed by atoms with Crippen LogP contribution in [0, 0.1) is 0 Å². The maximum atomic E-state index is 11.4. The zero-order valence-corrected chi connectivity index (χ0v) is 15.0. The predicted molar refractivity (Wildman–Crippen MR) is 95.9 cm³/mol. The smallest absolute Gasteiger partial charge is 0.310 e. The first kappa shape index (κ1) is 21.2. The number of halogens is 1. The van der Waals surface area contributed by atoms with Crippen LogP contribution < -0.4 is 0 Å². The molecule has 3 heteroatoms. The van der Waals surface area contributed by atoms with Crippen molar-refractivity contribution in [1.82, 2.24) is 0 Å². The van der Waals surface area contributed by atoms with Crippen molar-refractivity contribution in [2.24, 2.45) is 0 Å². The van der Waals surface area contributed by atoms with Crippen molar-refractivity contribution in [2.75, 3.05) is 0 Å². The van der Waals surface area contributed by atoms with Crippen LogP contribution in [0.1, 0.15) is 90.4 Å². The van der Waals surface area contributed by atoms with E-state index in [0.29, 0.717) is 11.5 Å². The zero-order valence-electron chi connectivity index (χ0n) is 14.2. The van der Waals surface area contributed by atoms with Gasteiger partial charge in [-0.3, -0.25) is 4.79 Å². The summed E-state index contributed by atoms with van der Waals surface area (Å²) >= 11 is 5.52. The molecule has 0 spiro atoms. The number of hydrogen-bond donors (Lipinski definition) is 0. The molecular weight excluding hydrogens is 296 g/mol. The van der Waals surface area contributed by atoms with Crippen LogP contribution in [0.15, 0.2) is 23.9 Å². The molecular formula is C19H33ClO2. The maximum Gasteiger partial charge on any atom is 0.310 e. The van der Waals surface area contributed by atoms with E-state index < -0.39 is 0 Å². The Bertz CT molecular complexity index is 311. The number of ether oxygens (including phenoxy) is 1. The first-order chi connectivity index (χ1) is 10.7. The lowest BCUT2D eigenvalue weighted by Crippen LogP contribution is -1.98. The van der Waals surface area contributed by atoms with Crippen molar-refractivity contribution >= 4 is 17.6 Å². The van der Waals surface area contributed by atoms with Crippen molar-refractivity contribution in [2.45, 2.75) is 90.4 Å². The van der Waals surface area contributed by atoms with E-state index in [4.69, 9.17) is 16.3 Å². The van der Waals surface area contributed by atoms with Gasteiger partial charge in [0.25, 0.3) is 0 Å². The third-order valence-corrected chi connectivity index (χ3v) is 3.81. The molecule has 2 nitrogen and oxygen atoms in total. The number of unbranched alkanes of at least 4 members (excludes halogenated alkanes) is 11. The Morgan fingerprint density at radius 1 is 0.909 bits per heavy atom. The highest BCUT2D eigenvalue weighted by Gasteiger charge is 2.00. The Morgan fingerprint density at radius 2 is 1.36 bits per heavy atom. The molecule has 0 rings (SSSR count). The Labute approximate surface area is 142 Å². The van der Waals surface area contributed by atoms with Gasteiger partial charge in [-0.15, -0.1) is 0 Å². The summed E-state index contributed by atoms with van der Waals surface area (Å²) in [5, 5.41) is 0.359. The second-order valence-corrected chi connectivity index (χ2v) is 6.36. The van der Waals surface area contributed by atoms with Crippen LogP contribution in [0.5, 0.6) is 0 Å². The van der Waals surface area contributed by atoms with Crippen molar-refractivity contribution in [3.63, 3.8) is 0 Å². The van der Waals surface area contributed by atoms with E-state index >= 15 is 0 Å². The van der Waals surface area contributed by atoms with E-state index in [2.05, 4.69) is 13.5 Å². The molecule has 0 aromatic heterocycles. The van der Waals surface area contributed by atoms with Gasteiger partial charge in [-0.25, -0.2) is 0 Å². The molecule has 0 aliphatic carbocycles. The maximum absolute atomic E-state index is 11.4. The summed E-state index contributed by atoms with van der Waals surface area (Å²) < 4.78 is 4.89. The van der Waals surface area contributed by atoms with Crippen LogP contribution in [-0.2, 0) is 9.53 Å². The van der Waals surface area contributed by atoms with Gasteiger partial charge < -0.3 is 4.74 Å². The lowest BCUT2D eigenvalue weighted by atomic mass is 10.0. The van der Waals surface area contributed by atoms with Crippen molar-refractivity contribution < 1.29 is 9.53 Å². The summed E-state index contributed by atoms with van der Waals surface area (Å²) in [6, 6.07) is 0. The van der Waals surface area contributed by atoms with E-state index in [1.54, 1.807) is 0 Å². The SMILES string of the molecule is C=C(Cl)C=COC(=O)CCCCCCCCCCCCCC. The molecule has 0 atom stereocenters. The fraction of sp³-hybridized carbons (Fsp3) is 0.737. The van der Waals surface area contributed by atoms with Gasteiger partial charge in [-0.2, -0.15) is 0 Å². The predicted octanol–water partition coefficient (Wildman–Crippen LogP) is 6.89. The molecule has 0 aliphatic heterocycles. The number of esters is 1. The number of carbonyl (C=O) groups is 1. The van der Waals surface area contributed by atoms with Crippen molar-refractivity contribution in [1.29, 1.82) is 0 Å². The lowest BCUT2D eigenvalue weighted by Gasteiger charge is -2.02. The first-order valence-electron chi connectivity index (χ1n) is 8.87. The highest BCUT2D eigenvalue weighted by atomic mass is 35.5. The Morgan fingerprint density at radius 3 is 1.82 bits per heavy atom. The normalized spacial score (nSPS) is 11.0. The standard InChI is InChI=1S/C19H33ClO2/c1-3-4-5-6-7-8-9-10-11-12-13-14-15-19(21)22-17-16-18(2)20/h16-17H,2-15H2,1H3. The van der Waals surface area contributed by atoms with Crippen LogP contribution in [-0.4, -0.2) is 5.97 Å². The number of rotatable bonds is 15. The van der Waals surface area contributed by atoms with Gasteiger partial charge in [0.2, 0.25) is 0 Å². The van der Waals surface area contributed by atoms with Crippen LogP contribution in [0.3, 0.4) is 0 Å². The Hall–Kier alpha value is -0.760. The molecule has 128 valence electrons. The summed E-state index contributed by atoms with van der Waals surface area (Å²) in [7, 11) is 0. The van der Waals surface area contributed by atoms with E-state index in [1.165, 1.54) is 76.5 Å². The molecule has 0 fully saturated rings. The molecule has 22 heavy (non-hydrogen) atoms. The summed E-state index contributed by atoms with van der Waals surface area (Å²) in [6.45, 7) is 5.73. The van der Waals surface area contributed by atoms with E-state index in [0.717, 1.165) is 12.8 Å². The fourth-order valence-corrected chi connectivity index (χ4v) is 2.40. The number of carbonyl (C=O) groups excluding carboxylic acids is 1. The molecule has 0 aromatic rings. The molecule has 0 radical (unpaired) electrons. The molecule has 0 heterocycles.